The summed E-state index contributed by atoms with van der Waals surface area (Å²) >= 11 is 12.0. The summed E-state index contributed by atoms with van der Waals surface area (Å²) < 4.78 is 0. The second-order valence-electron chi connectivity index (χ2n) is 4.85. The van der Waals surface area contributed by atoms with Crippen LogP contribution in [0.1, 0.15) is 24.8 Å². The molecule has 1 aliphatic rings. The molecule has 0 saturated carbocycles. The highest BCUT2D eigenvalue weighted by atomic mass is 35.5. The van der Waals surface area contributed by atoms with Crippen molar-refractivity contribution in [3.63, 3.8) is 0 Å². The SMILES string of the molecule is O=C(O)[C@H]1CCCCN1C(=O)C=Cc1c(Cl)cccc1Cl. The van der Waals surface area contributed by atoms with E-state index >= 15 is 0 Å². The number of halogens is 2. The maximum absolute atomic E-state index is 12.2. The molecular weight excluding hydrogens is 313 g/mol. The molecule has 1 saturated heterocycles. The monoisotopic (exact) mass is 327 g/mol. The van der Waals surface area contributed by atoms with Crippen LogP contribution in [0.25, 0.3) is 6.08 Å². The highest BCUT2D eigenvalue weighted by Gasteiger charge is 2.30. The zero-order chi connectivity index (χ0) is 15.4. The molecule has 0 aromatic heterocycles. The van der Waals surface area contributed by atoms with Gasteiger partial charge >= 0.3 is 5.97 Å². The molecule has 112 valence electrons. The van der Waals surface area contributed by atoms with Crippen LogP contribution in [-0.2, 0) is 9.59 Å². The number of carboxylic acid groups (broad SMARTS) is 1. The highest BCUT2D eigenvalue weighted by Crippen LogP contribution is 2.26. The van der Waals surface area contributed by atoms with Gasteiger partial charge in [0.25, 0.3) is 0 Å². The molecule has 0 unspecified atom stereocenters. The van der Waals surface area contributed by atoms with Crippen LogP contribution < -0.4 is 0 Å². The van der Waals surface area contributed by atoms with Gasteiger partial charge in [0.05, 0.1) is 0 Å². The molecule has 2 rings (SSSR count). The zero-order valence-corrected chi connectivity index (χ0v) is 12.8. The Kier molecular flexibility index (Phi) is 5.26. The lowest BCUT2D eigenvalue weighted by atomic mass is 10.0. The average Bonchev–Trinajstić information content (AvgIpc) is 2.46. The second kappa shape index (κ2) is 6.96. The minimum Gasteiger partial charge on any atom is -0.480 e. The summed E-state index contributed by atoms with van der Waals surface area (Å²) in [5.41, 5.74) is 0.554. The number of aliphatic carboxylic acids is 1. The molecule has 1 amide bonds. The number of carbonyl (C=O) groups excluding carboxylic acids is 1. The maximum Gasteiger partial charge on any atom is 0.326 e. The van der Waals surface area contributed by atoms with Gasteiger partial charge < -0.3 is 10.0 Å². The first-order chi connectivity index (χ1) is 10.0. The number of hydrogen-bond donors (Lipinski definition) is 1. The van der Waals surface area contributed by atoms with Crippen molar-refractivity contribution >= 4 is 41.2 Å². The van der Waals surface area contributed by atoms with E-state index in [0.717, 1.165) is 12.8 Å². The van der Waals surface area contributed by atoms with Crippen LogP contribution in [0.4, 0.5) is 0 Å². The average molecular weight is 328 g/mol. The van der Waals surface area contributed by atoms with Crippen molar-refractivity contribution in [1.82, 2.24) is 4.90 Å². The van der Waals surface area contributed by atoms with Gasteiger partial charge in [-0.2, -0.15) is 0 Å². The standard InChI is InChI=1S/C15H15Cl2NO3/c16-11-4-3-5-12(17)10(11)7-8-14(19)18-9-2-1-6-13(18)15(20)21/h3-5,7-8,13H,1-2,6,9H2,(H,20,21)/t13-/m1/s1. The fraction of sp³-hybridized carbons (Fsp3) is 0.333. The number of rotatable bonds is 3. The Hall–Kier alpha value is -1.52. The van der Waals surface area contributed by atoms with Crippen molar-refractivity contribution in [1.29, 1.82) is 0 Å². The van der Waals surface area contributed by atoms with E-state index < -0.39 is 12.0 Å². The Morgan fingerprint density at radius 3 is 2.52 bits per heavy atom. The van der Waals surface area contributed by atoms with Crippen LogP contribution in [0, 0.1) is 0 Å². The Morgan fingerprint density at radius 2 is 1.90 bits per heavy atom. The number of nitrogens with zero attached hydrogens (tertiary/aromatic N) is 1. The number of amides is 1. The molecule has 6 heteroatoms. The summed E-state index contributed by atoms with van der Waals surface area (Å²) in [6, 6.07) is 4.32. The number of likely N-dealkylation sites (tertiary alicyclic amines) is 1. The molecule has 1 aliphatic heterocycles. The Balaban J connectivity index is 2.16. The van der Waals surface area contributed by atoms with Gasteiger partial charge in [-0.25, -0.2) is 4.79 Å². The molecule has 1 aromatic rings. The van der Waals surface area contributed by atoms with Gasteiger partial charge in [0.15, 0.2) is 0 Å². The van der Waals surface area contributed by atoms with Crippen LogP contribution >= 0.6 is 23.2 Å². The van der Waals surface area contributed by atoms with Gasteiger partial charge in [-0.05, 0) is 37.5 Å². The first-order valence-electron chi connectivity index (χ1n) is 6.66. The molecule has 21 heavy (non-hydrogen) atoms. The van der Waals surface area contributed by atoms with E-state index in [-0.39, 0.29) is 5.91 Å². The Bertz CT molecular complexity index is 566. The number of carboxylic acids is 1. The molecule has 0 bridgehead atoms. The maximum atomic E-state index is 12.2. The lowest BCUT2D eigenvalue weighted by Crippen LogP contribution is -2.47. The molecule has 0 radical (unpaired) electrons. The smallest absolute Gasteiger partial charge is 0.326 e. The number of carbonyl (C=O) groups is 2. The van der Waals surface area contributed by atoms with Gasteiger partial charge in [0, 0.05) is 28.2 Å². The number of benzene rings is 1. The van der Waals surface area contributed by atoms with E-state index in [1.807, 2.05) is 0 Å². The van der Waals surface area contributed by atoms with Crippen molar-refractivity contribution in [3.05, 3.63) is 39.9 Å². The van der Waals surface area contributed by atoms with Crippen LogP contribution in [0.2, 0.25) is 10.0 Å². The summed E-state index contributed by atoms with van der Waals surface area (Å²) in [5.74, 6) is -1.30. The molecule has 1 atom stereocenters. The molecule has 4 nitrogen and oxygen atoms in total. The van der Waals surface area contributed by atoms with Gasteiger partial charge in [-0.1, -0.05) is 29.3 Å². The lowest BCUT2D eigenvalue weighted by molar-refractivity contribution is -0.150. The Labute approximate surface area is 133 Å². The minimum atomic E-state index is -0.966. The summed E-state index contributed by atoms with van der Waals surface area (Å²) in [6.45, 7) is 0.455. The van der Waals surface area contributed by atoms with Gasteiger partial charge in [0.2, 0.25) is 5.91 Å². The summed E-state index contributed by atoms with van der Waals surface area (Å²) in [5, 5.41) is 10.1. The lowest BCUT2D eigenvalue weighted by Gasteiger charge is -2.32. The molecule has 1 aromatic carbocycles. The summed E-state index contributed by atoms with van der Waals surface area (Å²) in [6.07, 6.45) is 4.98. The topological polar surface area (TPSA) is 57.6 Å². The summed E-state index contributed by atoms with van der Waals surface area (Å²) in [4.78, 5) is 24.8. The third kappa shape index (κ3) is 3.77. The predicted molar refractivity (Wildman–Crippen MR) is 82.5 cm³/mol. The molecular formula is C15H15Cl2NO3. The molecule has 1 N–H and O–H groups in total. The number of piperidine rings is 1. The van der Waals surface area contributed by atoms with Crippen LogP contribution in [-0.4, -0.2) is 34.5 Å². The van der Waals surface area contributed by atoms with Gasteiger partial charge in [0.1, 0.15) is 6.04 Å². The molecule has 1 fully saturated rings. The normalized spacial score (nSPS) is 19.0. The van der Waals surface area contributed by atoms with E-state index in [1.165, 1.54) is 17.1 Å². The molecule has 0 aliphatic carbocycles. The van der Waals surface area contributed by atoms with Crippen molar-refractivity contribution in [2.24, 2.45) is 0 Å². The third-order valence-corrected chi connectivity index (χ3v) is 4.12. The van der Waals surface area contributed by atoms with Crippen molar-refractivity contribution in [2.45, 2.75) is 25.3 Å². The van der Waals surface area contributed by atoms with Crippen molar-refractivity contribution < 1.29 is 14.7 Å². The van der Waals surface area contributed by atoms with E-state index in [9.17, 15) is 14.7 Å². The Morgan fingerprint density at radius 1 is 1.24 bits per heavy atom. The molecule has 0 spiro atoms. The first kappa shape index (κ1) is 15.9. The van der Waals surface area contributed by atoms with Crippen LogP contribution in [0.15, 0.2) is 24.3 Å². The minimum absolute atomic E-state index is 0.335. The zero-order valence-electron chi connectivity index (χ0n) is 11.3. The van der Waals surface area contributed by atoms with Crippen molar-refractivity contribution in [2.75, 3.05) is 6.54 Å². The van der Waals surface area contributed by atoms with Crippen LogP contribution in [0.5, 0.6) is 0 Å². The quantitative estimate of drug-likeness (QED) is 0.865. The van der Waals surface area contributed by atoms with E-state index in [2.05, 4.69) is 0 Å². The van der Waals surface area contributed by atoms with E-state index in [1.54, 1.807) is 18.2 Å². The fourth-order valence-corrected chi connectivity index (χ4v) is 2.90. The largest absolute Gasteiger partial charge is 0.480 e. The van der Waals surface area contributed by atoms with Crippen molar-refractivity contribution in [3.8, 4) is 0 Å². The summed E-state index contributed by atoms with van der Waals surface area (Å²) in [7, 11) is 0. The number of hydrogen-bond acceptors (Lipinski definition) is 2. The van der Waals surface area contributed by atoms with E-state index in [4.69, 9.17) is 23.2 Å². The van der Waals surface area contributed by atoms with E-state index in [0.29, 0.717) is 28.6 Å². The van der Waals surface area contributed by atoms with Gasteiger partial charge in [-0.3, -0.25) is 4.79 Å². The third-order valence-electron chi connectivity index (χ3n) is 3.46. The fourth-order valence-electron chi connectivity index (χ4n) is 2.37. The second-order valence-corrected chi connectivity index (χ2v) is 5.66. The highest BCUT2D eigenvalue weighted by molar-refractivity contribution is 6.37. The molecule has 1 heterocycles. The predicted octanol–water partition coefficient (Wildman–Crippen LogP) is 3.47. The van der Waals surface area contributed by atoms with Gasteiger partial charge in [-0.15, -0.1) is 0 Å². The van der Waals surface area contributed by atoms with Crippen LogP contribution in [0.3, 0.4) is 0 Å². The first-order valence-corrected chi connectivity index (χ1v) is 7.42.